The van der Waals surface area contributed by atoms with Crippen molar-refractivity contribution in [2.45, 2.75) is 22.6 Å². The fourth-order valence-electron chi connectivity index (χ4n) is 8.22. The lowest BCUT2D eigenvalue weighted by Gasteiger charge is -2.43. The lowest BCUT2D eigenvalue weighted by Crippen LogP contribution is -2.43. The van der Waals surface area contributed by atoms with E-state index in [2.05, 4.69) is 4.98 Å². The minimum Gasteiger partial charge on any atom is -0.497 e. The number of rotatable bonds is 6. The Morgan fingerprint density at radius 2 is 1.75 bits per heavy atom. The van der Waals surface area contributed by atoms with Gasteiger partial charge in [-0.15, -0.1) is 11.8 Å². The summed E-state index contributed by atoms with van der Waals surface area (Å²) in [7, 11) is 1.58. The Morgan fingerprint density at radius 3 is 2.50 bits per heavy atom. The third kappa shape index (κ3) is 4.33. The van der Waals surface area contributed by atoms with E-state index in [4.69, 9.17) is 14.2 Å². The topological polar surface area (TPSA) is 118 Å². The largest absolute Gasteiger partial charge is 0.497 e. The zero-order chi connectivity index (χ0) is 30.1. The molecule has 2 aromatic carbocycles. The van der Waals surface area contributed by atoms with E-state index in [1.54, 1.807) is 48.0 Å². The standard InChI is InChI=1S/C32H31N3O7S2/c1-40-18-7-5-17(6-8-18)35-30(37)25-20-14-21(26(25)31(35)38)27-24(20)23(28-29(43-27)33-32(39)44-28)16-3-2-4-19(13-16)42-15-22(36)34-9-11-41-12-10-34/h2-8,13,20-21,23-27H,9-12,14-15H2,1H3,(H,33,39)/t20-,21-,23-,24?,25?,26?,27?/m1/s1. The van der Waals surface area contributed by atoms with Gasteiger partial charge in [0.15, 0.2) is 6.61 Å². The van der Waals surface area contributed by atoms with Crippen LogP contribution in [0, 0.1) is 29.6 Å². The number of aromatic nitrogens is 1. The van der Waals surface area contributed by atoms with E-state index in [1.165, 1.54) is 16.2 Å². The number of thioether (sulfide) groups is 1. The number of H-pyrrole nitrogens is 1. The summed E-state index contributed by atoms with van der Waals surface area (Å²) in [5.74, 6) is 0.134. The summed E-state index contributed by atoms with van der Waals surface area (Å²) in [6.07, 6.45) is 0.811. The van der Waals surface area contributed by atoms with E-state index < -0.39 is 0 Å². The second-order valence-electron chi connectivity index (χ2n) is 12.0. The van der Waals surface area contributed by atoms with Crippen molar-refractivity contribution < 1.29 is 28.6 Å². The molecule has 2 aliphatic carbocycles. The van der Waals surface area contributed by atoms with E-state index >= 15 is 0 Å². The van der Waals surface area contributed by atoms with Gasteiger partial charge in [0.05, 0.1) is 42.9 Å². The Bertz CT molecular complexity index is 1700. The van der Waals surface area contributed by atoms with Gasteiger partial charge in [0.2, 0.25) is 11.8 Å². The van der Waals surface area contributed by atoms with Gasteiger partial charge in [-0.25, -0.2) is 0 Å². The Morgan fingerprint density at radius 1 is 1.00 bits per heavy atom. The molecule has 0 radical (unpaired) electrons. The van der Waals surface area contributed by atoms with Gasteiger partial charge in [-0.1, -0.05) is 23.5 Å². The van der Waals surface area contributed by atoms with E-state index in [1.807, 2.05) is 24.3 Å². The van der Waals surface area contributed by atoms with Crippen LogP contribution in [0.1, 0.15) is 22.8 Å². The summed E-state index contributed by atoms with van der Waals surface area (Å²) in [4.78, 5) is 60.2. The average molecular weight is 634 g/mol. The molecule has 5 aliphatic rings. The number of benzene rings is 2. The van der Waals surface area contributed by atoms with Gasteiger partial charge >= 0.3 is 4.87 Å². The number of anilines is 1. The van der Waals surface area contributed by atoms with Gasteiger partial charge in [0.25, 0.3) is 5.91 Å². The fourth-order valence-corrected chi connectivity index (χ4v) is 11.1. The summed E-state index contributed by atoms with van der Waals surface area (Å²) in [6, 6.07) is 14.8. The smallest absolute Gasteiger partial charge is 0.305 e. The Hall–Kier alpha value is -3.61. The van der Waals surface area contributed by atoms with Crippen molar-refractivity contribution in [3.05, 3.63) is 68.6 Å². The number of imide groups is 1. The van der Waals surface area contributed by atoms with Gasteiger partial charge in [-0.05, 0) is 66.1 Å². The molecule has 44 heavy (non-hydrogen) atoms. The maximum absolute atomic E-state index is 14.0. The number of amides is 3. The van der Waals surface area contributed by atoms with Crippen molar-refractivity contribution in [1.29, 1.82) is 0 Å². The number of nitrogens with zero attached hydrogens (tertiary/aromatic N) is 2. The summed E-state index contributed by atoms with van der Waals surface area (Å²) >= 11 is 2.88. The number of ether oxygens (including phenoxy) is 3. The molecule has 4 unspecified atom stereocenters. The minimum absolute atomic E-state index is 0.00465. The highest BCUT2D eigenvalue weighted by atomic mass is 32.2. The number of carbonyl (C=O) groups is 3. The number of nitrogens with one attached hydrogen (secondary N) is 1. The van der Waals surface area contributed by atoms with Crippen LogP contribution in [0.25, 0.3) is 0 Å². The average Bonchev–Trinajstić information content (AvgIpc) is 3.79. The zero-order valence-electron chi connectivity index (χ0n) is 24.0. The Kier molecular flexibility index (Phi) is 6.84. The lowest BCUT2D eigenvalue weighted by molar-refractivity contribution is -0.137. The summed E-state index contributed by atoms with van der Waals surface area (Å²) in [5, 5.41) is 0.942. The first-order valence-electron chi connectivity index (χ1n) is 14.9. The summed E-state index contributed by atoms with van der Waals surface area (Å²) in [6.45, 7) is 2.11. The minimum atomic E-state index is -0.387. The van der Waals surface area contributed by atoms with Crippen LogP contribution >= 0.6 is 23.1 Å². The van der Waals surface area contributed by atoms with Crippen molar-refractivity contribution in [3.63, 3.8) is 0 Å². The van der Waals surface area contributed by atoms with Crippen LogP contribution in [0.3, 0.4) is 0 Å². The predicted octanol–water partition coefficient (Wildman–Crippen LogP) is 3.36. The number of methoxy groups -OCH3 is 1. The lowest BCUT2D eigenvalue weighted by atomic mass is 9.68. The third-order valence-corrected chi connectivity index (χ3v) is 12.6. The van der Waals surface area contributed by atoms with Crippen LogP contribution in [-0.4, -0.2) is 72.9 Å². The molecular weight excluding hydrogens is 603 g/mol. The third-order valence-electron chi connectivity index (χ3n) is 10.00. The van der Waals surface area contributed by atoms with Gasteiger partial charge in [-0.3, -0.25) is 24.1 Å². The van der Waals surface area contributed by atoms with Crippen molar-refractivity contribution in [1.82, 2.24) is 9.88 Å². The molecule has 3 aliphatic heterocycles. The number of hydrogen-bond acceptors (Lipinski definition) is 9. The normalized spacial score (nSPS) is 30.2. The van der Waals surface area contributed by atoms with Crippen molar-refractivity contribution in [2.24, 2.45) is 29.6 Å². The second-order valence-corrected chi connectivity index (χ2v) is 14.2. The number of fused-ring (bicyclic) bond motifs is 9. The number of hydrogen-bond donors (Lipinski definition) is 1. The van der Waals surface area contributed by atoms with Gasteiger partial charge < -0.3 is 24.1 Å². The van der Waals surface area contributed by atoms with E-state index in [9.17, 15) is 19.2 Å². The van der Waals surface area contributed by atoms with Crippen LogP contribution in [0.4, 0.5) is 5.69 Å². The van der Waals surface area contributed by atoms with Crippen molar-refractivity contribution >= 4 is 46.5 Å². The van der Waals surface area contributed by atoms with Crippen LogP contribution in [0.5, 0.6) is 11.5 Å². The number of aromatic amines is 1. The Labute approximate surface area is 261 Å². The molecule has 2 saturated heterocycles. The molecule has 10 nitrogen and oxygen atoms in total. The predicted molar refractivity (Wildman–Crippen MR) is 163 cm³/mol. The highest BCUT2D eigenvalue weighted by Crippen LogP contribution is 2.68. The Balaban J connectivity index is 1.10. The SMILES string of the molecule is COc1ccc(N2C(=O)C3C(C2=O)[C@@H]2C[C@H]3C3Sc4[nH]c(=O)sc4[C@H](c4cccc(OCC(=O)N5CCOCC5)c4)C32)cc1. The molecule has 4 heterocycles. The van der Waals surface area contributed by atoms with Crippen molar-refractivity contribution in [3.8, 4) is 11.5 Å². The van der Waals surface area contributed by atoms with Crippen LogP contribution < -0.4 is 19.2 Å². The number of thiazole rings is 1. The molecule has 228 valence electrons. The number of carbonyl (C=O) groups excluding carboxylic acids is 3. The molecule has 7 atom stereocenters. The molecule has 3 amide bonds. The van der Waals surface area contributed by atoms with Crippen LogP contribution in [0.15, 0.2) is 58.4 Å². The van der Waals surface area contributed by atoms with Crippen LogP contribution in [0.2, 0.25) is 0 Å². The van der Waals surface area contributed by atoms with E-state index in [0.717, 1.165) is 21.9 Å². The number of morpholine rings is 1. The molecule has 12 heteroatoms. The molecule has 2 bridgehead atoms. The molecule has 0 spiro atoms. The van der Waals surface area contributed by atoms with E-state index in [0.29, 0.717) is 43.5 Å². The van der Waals surface area contributed by atoms with E-state index in [-0.39, 0.29) is 70.0 Å². The van der Waals surface area contributed by atoms with Gasteiger partial charge in [-0.2, -0.15) is 0 Å². The maximum Gasteiger partial charge on any atom is 0.305 e. The van der Waals surface area contributed by atoms with Gasteiger partial charge in [0.1, 0.15) is 11.5 Å². The molecule has 4 fully saturated rings. The second kappa shape index (κ2) is 10.8. The molecule has 2 saturated carbocycles. The fraction of sp³-hybridized carbons (Fsp3) is 0.438. The maximum atomic E-state index is 14.0. The molecule has 8 rings (SSSR count). The van der Waals surface area contributed by atoms with Gasteiger partial charge in [0, 0.05) is 29.1 Å². The first-order valence-corrected chi connectivity index (χ1v) is 16.6. The molecule has 1 N–H and O–H groups in total. The summed E-state index contributed by atoms with van der Waals surface area (Å²) in [5.41, 5.74) is 1.56. The first kappa shape index (κ1) is 27.9. The zero-order valence-corrected chi connectivity index (χ0v) is 25.6. The summed E-state index contributed by atoms with van der Waals surface area (Å²) < 4.78 is 16.6. The van der Waals surface area contributed by atoms with Crippen LogP contribution in [-0.2, 0) is 19.1 Å². The molecular formula is C32H31N3O7S2. The quantitative estimate of drug-likeness (QED) is 0.411. The highest BCUT2D eigenvalue weighted by Gasteiger charge is 2.69. The highest BCUT2D eigenvalue weighted by molar-refractivity contribution is 8.00. The molecule has 3 aromatic rings. The first-order chi connectivity index (χ1) is 21.4. The monoisotopic (exact) mass is 633 g/mol. The molecule has 1 aromatic heterocycles. The van der Waals surface area contributed by atoms with Crippen molar-refractivity contribution in [2.75, 3.05) is 44.9 Å².